The van der Waals surface area contributed by atoms with Gasteiger partial charge in [0.2, 0.25) is 0 Å². The Morgan fingerprint density at radius 3 is 2.44 bits per heavy atom. The molecule has 0 amide bonds. The number of nitrogens with one attached hydrogen (secondary N) is 1. The fraction of sp³-hybridized carbons (Fsp3) is 0.316. The number of halogens is 2. The van der Waals surface area contributed by atoms with E-state index in [0.29, 0.717) is 5.75 Å². The van der Waals surface area contributed by atoms with Gasteiger partial charge in [0, 0.05) is 5.56 Å². The first-order chi connectivity index (χ1) is 12.6. The molecule has 0 fully saturated rings. The van der Waals surface area contributed by atoms with E-state index in [4.69, 9.17) is 16.3 Å². The predicted molar refractivity (Wildman–Crippen MR) is 104 cm³/mol. The first-order valence-electron chi connectivity index (χ1n) is 8.20. The molecule has 2 aromatic carbocycles. The molecule has 5 nitrogen and oxygen atoms in total. The van der Waals surface area contributed by atoms with Gasteiger partial charge in [0.1, 0.15) is 5.75 Å². The topological polar surface area (TPSA) is 75.6 Å². The van der Waals surface area contributed by atoms with Crippen LogP contribution in [0.2, 0.25) is 5.02 Å². The van der Waals surface area contributed by atoms with Crippen molar-refractivity contribution in [2.24, 2.45) is 0 Å². The van der Waals surface area contributed by atoms with Crippen LogP contribution in [0.1, 0.15) is 38.8 Å². The molecule has 0 heterocycles. The molecule has 2 N–H and O–H groups in total. The molecule has 0 bridgehead atoms. The van der Waals surface area contributed by atoms with Crippen LogP contribution in [0.4, 0.5) is 4.39 Å². The van der Waals surface area contributed by atoms with Gasteiger partial charge in [-0.3, -0.25) is 4.79 Å². The summed E-state index contributed by atoms with van der Waals surface area (Å²) in [6.07, 6.45) is -0.453. The lowest BCUT2D eigenvalue weighted by Gasteiger charge is -2.24. The summed E-state index contributed by atoms with van der Waals surface area (Å²) < 4.78 is 35.1. The molecule has 2 atom stereocenters. The average molecular weight is 414 g/mol. The average Bonchev–Trinajstić information content (AvgIpc) is 2.58. The van der Waals surface area contributed by atoms with Crippen LogP contribution in [0.3, 0.4) is 0 Å². The zero-order valence-electron chi connectivity index (χ0n) is 15.2. The minimum Gasteiger partial charge on any atom is -0.481 e. The lowest BCUT2D eigenvalue weighted by molar-refractivity contribution is -0.137. The number of benzene rings is 2. The third kappa shape index (κ3) is 5.76. The number of para-hydroxylation sites is 1. The molecule has 0 aliphatic rings. The van der Waals surface area contributed by atoms with E-state index in [0.717, 1.165) is 0 Å². The Morgan fingerprint density at radius 2 is 1.89 bits per heavy atom. The van der Waals surface area contributed by atoms with Crippen molar-refractivity contribution in [1.82, 2.24) is 4.72 Å². The summed E-state index contributed by atoms with van der Waals surface area (Å²) in [6.45, 7) is 5.20. The van der Waals surface area contributed by atoms with Crippen molar-refractivity contribution < 1.29 is 23.2 Å². The van der Waals surface area contributed by atoms with Gasteiger partial charge in [-0.05, 0) is 39.0 Å². The van der Waals surface area contributed by atoms with Gasteiger partial charge >= 0.3 is 5.97 Å². The summed E-state index contributed by atoms with van der Waals surface area (Å²) in [5.41, 5.74) is 0.0188. The van der Waals surface area contributed by atoms with Gasteiger partial charge in [0.25, 0.3) is 0 Å². The fourth-order valence-electron chi connectivity index (χ4n) is 2.21. The molecule has 0 aromatic heterocycles. The summed E-state index contributed by atoms with van der Waals surface area (Å²) in [5, 5.41) is 9.24. The Morgan fingerprint density at radius 1 is 1.26 bits per heavy atom. The molecule has 0 spiro atoms. The standard InChI is InChI=1S/C19H21ClFNO4S/c1-19(2,3)27(25)22-15(11-16(23)24)13-9-10-14(20)18(17(13)21)26-12-7-5-4-6-8-12/h4-10,15,22H,11H2,1-3H3,(H,23,24)/t15-,27?/m0/s1. The maximum Gasteiger partial charge on any atom is 0.305 e. The Kier molecular flexibility index (Phi) is 6.97. The largest absolute Gasteiger partial charge is 0.481 e. The minimum atomic E-state index is -1.60. The molecule has 146 valence electrons. The quantitative estimate of drug-likeness (QED) is 0.681. The second-order valence-corrected chi connectivity index (χ2v) is 9.25. The van der Waals surface area contributed by atoms with Gasteiger partial charge in [-0.2, -0.15) is 0 Å². The fourth-order valence-corrected chi connectivity index (χ4v) is 3.22. The molecule has 2 aromatic rings. The lowest BCUT2D eigenvalue weighted by Crippen LogP contribution is -2.36. The minimum absolute atomic E-state index is 0.0188. The van der Waals surface area contributed by atoms with Gasteiger partial charge in [-0.1, -0.05) is 35.9 Å². The van der Waals surface area contributed by atoms with Crippen LogP contribution in [-0.2, 0) is 15.8 Å². The van der Waals surface area contributed by atoms with Gasteiger partial charge in [-0.25, -0.2) is 13.3 Å². The zero-order chi connectivity index (χ0) is 20.2. The third-order valence-corrected chi connectivity index (χ3v) is 5.51. The highest BCUT2D eigenvalue weighted by molar-refractivity contribution is 7.84. The van der Waals surface area contributed by atoms with Crippen LogP contribution in [0.25, 0.3) is 0 Å². The molecule has 2 rings (SSSR count). The number of rotatable bonds is 7. The number of hydrogen-bond donors (Lipinski definition) is 2. The monoisotopic (exact) mass is 413 g/mol. The predicted octanol–water partition coefficient (Wildman–Crippen LogP) is 4.84. The number of carbonyl (C=O) groups is 1. The summed E-state index contributed by atoms with van der Waals surface area (Å²) in [7, 11) is -1.60. The Hall–Kier alpha value is -1.96. The molecule has 1 unspecified atom stereocenters. The number of ether oxygens (including phenoxy) is 1. The molecule has 0 saturated carbocycles. The van der Waals surface area contributed by atoms with E-state index in [1.165, 1.54) is 12.1 Å². The van der Waals surface area contributed by atoms with Crippen molar-refractivity contribution in [3.05, 3.63) is 58.9 Å². The Balaban J connectivity index is 2.42. The molecule has 0 aliphatic heterocycles. The van der Waals surface area contributed by atoms with Gasteiger partial charge in [-0.15, -0.1) is 0 Å². The van der Waals surface area contributed by atoms with Crippen molar-refractivity contribution in [1.29, 1.82) is 0 Å². The van der Waals surface area contributed by atoms with Crippen molar-refractivity contribution in [3.63, 3.8) is 0 Å². The summed E-state index contributed by atoms with van der Waals surface area (Å²) in [5.74, 6) is -1.77. The zero-order valence-corrected chi connectivity index (χ0v) is 16.7. The highest BCUT2D eigenvalue weighted by Crippen LogP contribution is 2.36. The number of hydrogen-bond acceptors (Lipinski definition) is 3. The number of aliphatic carboxylic acids is 1. The van der Waals surface area contributed by atoms with Crippen molar-refractivity contribution >= 4 is 28.6 Å². The highest BCUT2D eigenvalue weighted by Gasteiger charge is 2.28. The summed E-state index contributed by atoms with van der Waals surface area (Å²) in [4.78, 5) is 11.2. The van der Waals surface area contributed by atoms with E-state index in [9.17, 15) is 14.1 Å². The van der Waals surface area contributed by atoms with Crippen molar-refractivity contribution in [2.45, 2.75) is 38.0 Å². The van der Waals surface area contributed by atoms with Gasteiger partial charge in [0.05, 0.1) is 33.2 Å². The maximum atomic E-state index is 15.1. The second-order valence-electron chi connectivity index (χ2n) is 6.84. The summed E-state index contributed by atoms with van der Waals surface area (Å²) in [6, 6.07) is 10.3. The molecular formula is C19H21ClFNO4S. The van der Waals surface area contributed by atoms with E-state index in [-0.39, 0.29) is 16.3 Å². The van der Waals surface area contributed by atoms with E-state index in [1.807, 2.05) is 0 Å². The molecule has 27 heavy (non-hydrogen) atoms. The molecule has 8 heteroatoms. The third-order valence-electron chi connectivity index (χ3n) is 3.60. The maximum absolute atomic E-state index is 15.1. The van der Waals surface area contributed by atoms with Crippen LogP contribution in [0.15, 0.2) is 42.5 Å². The highest BCUT2D eigenvalue weighted by atomic mass is 35.5. The van der Waals surface area contributed by atoms with Crippen LogP contribution in [0, 0.1) is 5.82 Å². The van der Waals surface area contributed by atoms with E-state index >= 15 is 4.39 Å². The Bertz CT molecular complexity index is 840. The molecule has 0 aliphatic carbocycles. The van der Waals surface area contributed by atoms with Crippen LogP contribution in [0.5, 0.6) is 11.5 Å². The molecule has 0 radical (unpaired) electrons. The first kappa shape index (κ1) is 21.3. The summed E-state index contributed by atoms with van der Waals surface area (Å²) >= 11 is 6.08. The normalized spacial score (nSPS) is 13.8. The van der Waals surface area contributed by atoms with E-state index < -0.39 is 40.0 Å². The Labute approximate surface area is 165 Å². The molecular weight excluding hydrogens is 393 g/mol. The molecule has 0 saturated heterocycles. The number of carboxylic acid groups (broad SMARTS) is 1. The lowest BCUT2D eigenvalue weighted by atomic mass is 10.0. The van der Waals surface area contributed by atoms with Gasteiger partial charge in [0.15, 0.2) is 11.6 Å². The van der Waals surface area contributed by atoms with Gasteiger partial charge < -0.3 is 9.84 Å². The van der Waals surface area contributed by atoms with Crippen LogP contribution >= 0.6 is 11.6 Å². The SMILES string of the molecule is CC(C)(C)S(=O)N[C@@H](CC(=O)O)c1ccc(Cl)c(Oc2ccccc2)c1F. The van der Waals surface area contributed by atoms with Crippen molar-refractivity contribution in [3.8, 4) is 11.5 Å². The van der Waals surface area contributed by atoms with Crippen LogP contribution < -0.4 is 9.46 Å². The smallest absolute Gasteiger partial charge is 0.305 e. The van der Waals surface area contributed by atoms with E-state index in [1.54, 1.807) is 51.1 Å². The van der Waals surface area contributed by atoms with E-state index in [2.05, 4.69) is 4.72 Å². The van der Waals surface area contributed by atoms with Crippen LogP contribution in [-0.4, -0.2) is 20.0 Å². The van der Waals surface area contributed by atoms with Crippen molar-refractivity contribution in [2.75, 3.05) is 0 Å². The second kappa shape index (κ2) is 8.82. The first-order valence-corrected chi connectivity index (χ1v) is 9.73. The number of carboxylic acids is 1.